The number of rotatable bonds is 6. The molecule has 0 spiro atoms. The van der Waals surface area contributed by atoms with Gasteiger partial charge in [0.1, 0.15) is 36.4 Å². The van der Waals surface area contributed by atoms with Crippen LogP contribution in [0.5, 0.6) is 0 Å². The van der Waals surface area contributed by atoms with E-state index in [1.54, 1.807) is 0 Å². The second kappa shape index (κ2) is 16.5. The first-order valence-corrected chi connectivity index (χ1v) is 23.1. The molecule has 12 rings (SSSR count). The first-order chi connectivity index (χ1) is 32.4. The summed E-state index contributed by atoms with van der Waals surface area (Å²) < 4.78 is 52.6. The minimum Gasteiger partial charge on any atom is -0.455 e. The molecule has 4 heterocycles. The van der Waals surface area contributed by atoms with Crippen molar-refractivity contribution in [2.75, 3.05) is 0 Å². The highest BCUT2D eigenvalue weighted by atomic mass is 16.3. The minimum absolute atomic E-state index is 0.0940. The van der Waals surface area contributed by atoms with Crippen molar-refractivity contribution in [1.29, 1.82) is 0 Å². The van der Waals surface area contributed by atoms with Crippen LogP contribution < -0.4 is 9.13 Å². The first kappa shape index (κ1) is 35.2. The molecule has 0 saturated heterocycles. The zero-order valence-electron chi connectivity index (χ0n) is 40.9. The van der Waals surface area contributed by atoms with Crippen molar-refractivity contribution in [3.63, 3.8) is 0 Å². The fraction of sp³-hybridized carbons (Fsp3) is 0.288. The van der Waals surface area contributed by atoms with E-state index in [-0.39, 0.29) is 11.8 Å². The summed E-state index contributed by atoms with van der Waals surface area (Å²) in [7, 11) is 4.08. The number of pyridine rings is 2. The molecule has 2 saturated carbocycles. The van der Waals surface area contributed by atoms with Crippen molar-refractivity contribution in [1.82, 2.24) is 0 Å². The van der Waals surface area contributed by atoms with Crippen LogP contribution in [0.3, 0.4) is 0 Å². The van der Waals surface area contributed by atoms with Crippen LogP contribution in [0, 0.1) is 25.7 Å². The largest absolute Gasteiger partial charge is 0.455 e. The fourth-order valence-corrected chi connectivity index (χ4v) is 10.5. The van der Waals surface area contributed by atoms with Crippen LogP contribution in [0.25, 0.3) is 87.9 Å². The Kier molecular flexibility index (Phi) is 9.20. The van der Waals surface area contributed by atoms with E-state index in [0.717, 1.165) is 151 Å². The maximum absolute atomic E-state index is 8.98. The van der Waals surface area contributed by atoms with Crippen LogP contribution in [-0.4, -0.2) is 0 Å². The van der Waals surface area contributed by atoms with E-state index in [0.29, 0.717) is 0 Å². The van der Waals surface area contributed by atoms with E-state index in [1.165, 1.54) is 17.2 Å². The number of nitrogens with zero attached hydrogens (tertiary/aromatic N) is 2. The van der Waals surface area contributed by atoms with Crippen LogP contribution in [0.2, 0.25) is 0 Å². The molecule has 2 aliphatic carbocycles. The average Bonchev–Trinajstić information content (AvgIpc) is 4.10. The molecule has 0 radical (unpaired) electrons. The van der Waals surface area contributed by atoms with Gasteiger partial charge in [-0.1, -0.05) is 118 Å². The number of aromatic nitrogens is 2. The highest BCUT2D eigenvalue weighted by Crippen LogP contribution is 2.39. The lowest BCUT2D eigenvalue weighted by atomic mass is 9.85. The maximum atomic E-state index is 8.98. The summed E-state index contributed by atoms with van der Waals surface area (Å²) >= 11 is 0. The Bertz CT molecular complexity index is 3540. The van der Waals surface area contributed by atoms with Crippen LogP contribution in [-0.2, 0) is 26.8 Å². The topological polar surface area (TPSA) is 34.0 Å². The predicted molar refractivity (Wildman–Crippen MR) is 261 cm³/mol. The van der Waals surface area contributed by atoms with Gasteiger partial charge in [-0.15, -0.1) is 0 Å². The summed E-state index contributed by atoms with van der Waals surface area (Å²) in [6, 6.07) is 42.0. The van der Waals surface area contributed by atoms with Gasteiger partial charge in [0.15, 0.2) is 12.4 Å². The summed E-state index contributed by atoms with van der Waals surface area (Å²) in [5, 5.41) is 9.04. The van der Waals surface area contributed by atoms with Crippen LogP contribution in [0.1, 0.15) is 85.5 Å². The van der Waals surface area contributed by atoms with Crippen molar-refractivity contribution in [3.8, 4) is 22.5 Å². The van der Waals surface area contributed by atoms with Gasteiger partial charge in [-0.2, -0.15) is 0 Å². The number of fused-ring (bicyclic) bond motifs is 10. The van der Waals surface area contributed by atoms with Gasteiger partial charge in [-0.3, -0.25) is 0 Å². The van der Waals surface area contributed by atoms with Crippen molar-refractivity contribution < 1.29 is 23.5 Å². The predicted octanol–water partition coefficient (Wildman–Crippen LogP) is 14.9. The number of furan rings is 2. The monoisotopic (exact) mass is 830 g/mol. The minimum atomic E-state index is -1.32. The lowest BCUT2D eigenvalue weighted by Gasteiger charge is -2.21. The van der Waals surface area contributed by atoms with Gasteiger partial charge in [-0.25, -0.2) is 9.13 Å². The third-order valence-electron chi connectivity index (χ3n) is 14.0. The van der Waals surface area contributed by atoms with Crippen molar-refractivity contribution in [2.24, 2.45) is 25.9 Å². The molecule has 4 heteroatoms. The van der Waals surface area contributed by atoms with E-state index in [2.05, 4.69) is 132 Å². The summed E-state index contributed by atoms with van der Waals surface area (Å²) in [6.07, 6.45) is 11.1. The molecular weight excluding hydrogens is 769 g/mol. The van der Waals surface area contributed by atoms with Crippen molar-refractivity contribution in [2.45, 2.75) is 84.4 Å². The SMILES string of the molecule is [2H]C([2H])(c1cc[n+](C)c(-c2cc3c(cc2C)oc2c4ccccc4ccc32)c1)C1CCCC1.[2H]C([2H])(c1cc[n+](C)c(-c2cc3c(cc2C)oc2c4ccccc4ccc32)c1)C1CCCCC1. The quantitative estimate of drug-likeness (QED) is 0.156. The Morgan fingerprint density at radius 3 is 1.37 bits per heavy atom. The van der Waals surface area contributed by atoms with Gasteiger partial charge >= 0.3 is 0 Å². The number of hydrogen-bond acceptors (Lipinski definition) is 2. The average molecular weight is 831 g/mol. The standard InChI is InChI=1S/C30H30NO.C29H28NO/c1-20-16-29-27(25-13-12-23-10-6-7-11-24(23)30(25)32-29)19-26(20)28-18-22(14-15-31(28)2)17-21-8-4-3-5-9-21;1-19-15-28-26(24-12-11-22-9-5-6-10-23(22)29(24)31-28)18-25(19)27-17-21(13-14-30(27)2)16-20-7-3-4-8-20/h6-7,10-16,18-19,21H,3-5,8-9,17H2,1-2H3;5-6,9-15,17-18,20H,3-4,7-8,16H2,1-2H3/q2*+1/i17D2;16D2. The van der Waals surface area contributed by atoms with Gasteiger partial charge in [0.2, 0.25) is 11.4 Å². The zero-order chi connectivity index (χ0) is 46.2. The van der Waals surface area contributed by atoms with Crippen LogP contribution in [0.4, 0.5) is 0 Å². The lowest BCUT2D eigenvalue weighted by molar-refractivity contribution is -0.660. The number of hydrogen-bond donors (Lipinski definition) is 0. The first-order valence-electron chi connectivity index (χ1n) is 25.1. The van der Waals surface area contributed by atoms with Crippen LogP contribution in [0.15, 0.2) is 143 Å². The Labute approximate surface area is 376 Å². The lowest BCUT2D eigenvalue weighted by Crippen LogP contribution is -2.31. The Balaban J connectivity index is 0.000000148. The van der Waals surface area contributed by atoms with E-state index in [1.807, 2.05) is 38.6 Å². The second-order valence-corrected chi connectivity index (χ2v) is 18.3. The molecule has 4 nitrogen and oxygen atoms in total. The van der Waals surface area contributed by atoms with E-state index in [4.69, 9.17) is 14.3 Å². The summed E-state index contributed by atoms with van der Waals surface area (Å²) in [4.78, 5) is 0. The molecule has 63 heavy (non-hydrogen) atoms. The molecule has 6 aromatic carbocycles. The van der Waals surface area contributed by atoms with E-state index >= 15 is 0 Å². The van der Waals surface area contributed by atoms with Gasteiger partial charge < -0.3 is 8.83 Å². The molecule has 0 bridgehead atoms. The molecular formula is C59H58N2O2+2. The highest BCUT2D eigenvalue weighted by Gasteiger charge is 2.23. The molecule has 314 valence electrons. The molecule has 2 fully saturated rings. The smallest absolute Gasteiger partial charge is 0.212 e. The van der Waals surface area contributed by atoms with Crippen molar-refractivity contribution >= 4 is 65.4 Å². The van der Waals surface area contributed by atoms with Gasteiger partial charge in [0, 0.05) is 73.2 Å². The number of aryl methyl sites for hydroxylation is 4. The third kappa shape index (κ3) is 7.48. The van der Waals surface area contributed by atoms with Gasteiger partial charge in [0.25, 0.3) is 0 Å². The van der Waals surface area contributed by atoms with Crippen LogP contribution >= 0.6 is 0 Å². The molecule has 0 atom stereocenters. The van der Waals surface area contributed by atoms with Crippen molar-refractivity contribution in [3.05, 3.63) is 156 Å². The van der Waals surface area contributed by atoms with Gasteiger partial charge in [0.05, 0.1) is 0 Å². The third-order valence-corrected chi connectivity index (χ3v) is 14.0. The summed E-state index contributed by atoms with van der Waals surface area (Å²) in [5.41, 5.74) is 11.8. The molecule has 4 aromatic heterocycles. The fourth-order valence-electron chi connectivity index (χ4n) is 10.5. The van der Waals surface area contributed by atoms with E-state index in [9.17, 15) is 0 Å². The maximum Gasteiger partial charge on any atom is 0.212 e. The van der Waals surface area contributed by atoms with E-state index < -0.39 is 12.7 Å². The number of benzene rings is 6. The molecule has 2 aliphatic rings. The Morgan fingerprint density at radius 2 is 0.905 bits per heavy atom. The molecule has 10 aromatic rings. The van der Waals surface area contributed by atoms with Gasteiger partial charge in [-0.05, 0) is 108 Å². The Hall–Kier alpha value is -6.26. The second-order valence-electron chi connectivity index (χ2n) is 18.3. The Morgan fingerprint density at radius 1 is 0.476 bits per heavy atom. The molecule has 0 N–H and O–H groups in total. The molecule has 0 aliphatic heterocycles. The summed E-state index contributed by atoms with van der Waals surface area (Å²) in [6.45, 7) is 4.22. The molecule has 0 amide bonds. The zero-order valence-corrected chi connectivity index (χ0v) is 36.9. The summed E-state index contributed by atoms with van der Waals surface area (Å²) in [5.74, 6) is 0.198. The molecule has 0 unspecified atom stereocenters. The highest BCUT2D eigenvalue weighted by molar-refractivity contribution is 6.16. The normalized spacial score (nSPS) is 16.4.